The molecule has 0 saturated carbocycles. The number of nitrogens with zero attached hydrogens (tertiary/aromatic N) is 5. The number of hydrogen-bond donors (Lipinski definition) is 1. The van der Waals surface area contributed by atoms with Crippen LogP contribution >= 0.6 is 0 Å². The largest absolute Gasteiger partial charge is 0.481 e. The first-order valence-electron chi connectivity index (χ1n) is 13.5. The first-order chi connectivity index (χ1) is 19.3. The standard InChI is InChI=1S/C30H35FN6O4/c1-17-13-36-16-20(12-23(31)27(36)32-17)33-28(38)22-8-10-24(21-9-11-25(40-7)34-26(21)22)35-14-18(2)37(19(3)15-35)29(39)41-30(4,5)6/h8-13,16,18-19H,14-15H2,1-7H3,(H,33,38)/t18-,19+. The van der Waals surface area contributed by atoms with Gasteiger partial charge in [-0.2, -0.15) is 0 Å². The summed E-state index contributed by atoms with van der Waals surface area (Å²) in [7, 11) is 1.52. The normalized spacial score (nSPS) is 17.7. The van der Waals surface area contributed by atoms with E-state index < -0.39 is 17.3 Å². The van der Waals surface area contributed by atoms with Crippen LogP contribution < -0.4 is 15.0 Å². The van der Waals surface area contributed by atoms with Crippen molar-refractivity contribution >= 4 is 39.9 Å². The summed E-state index contributed by atoms with van der Waals surface area (Å²) in [6.45, 7) is 12.5. The Bertz CT molecular complexity index is 1630. The molecule has 1 fully saturated rings. The maximum atomic E-state index is 14.6. The van der Waals surface area contributed by atoms with Crippen molar-refractivity contribution in [3.8, 4) is 5.88 Å². The van der Waals surface area contributed by atoms with Crippen molar-refractivity contribution in [2.45, 2.75) is 59.2 Å². The van der Waals surface area contributed by atoms with Crippen molar-refractivity contribution in [1.29, 1.82) is 0 Å². The van der Waals surface area contributed by atoms with Gasteiger partial charge in [0.2, 0.25) is 5.88 Å². The number of benzene rings is 1. The molecule has 1 saturated heterocycles. The lowest BCUT2D eigenvalue weighted by Crippen LogP contribution is -2.59. The summed E-state index contributed by atoms with van der Waals surface area (Å²) in [4.78, 5) is 39.2. The Balaban J connectivity index is 1.46. The number of nitrogens with one attached hydrogen (secondary N) is 1. The quantitative estimate of drug-likeness (QED) is 0.354. The van der Waals surface area contributed by atoms with E-state index in [0.29, 0.717) is 41.4 Å². The number of methoxy groups -OCH3 is 1. The first-order valence-corrected chi connectivity index (χ1v) is 13.5. The second kappa shape index (κ2) is 10.5. The highest BCUT2D eigenvalue weighted by molar-refractivity contribution is 6.14. The molecule has 2 amide bonds. The van der Waals surface area contributed by atoms with Gasteiger partial charge in [0.1, 0.15) is 5.60 Å². The predicted molar refractivity (Wildman–Crippen MR) is 155 cm³/mol. The van der Waals surface area contributed by atoms with Crippen LogP contribution in [0, 0.1) is 12.7 Å². The highest BCUT2D eigenvalue weighted by Crippen LogP contribution is 2.33. The lowest BCUT2D eigenvalue weighted by molar-refractivity contribution is 0.00567. The van der Waals surface area contributed by atoms with Gasteiger partial charge in [-0.1, -0.05) is 0 Å². The summed E-state index contributed by atoms with van der Waals surface area (Å²) < 4.78 is 27.2. The molecule has 41 heavy (non-hydrogen) atoms. The molecule has 0 spiro atoms. The summed E-state index contributed by atoms with van der Waals surface area (Å²) in [6, 6.07) is 8.24. The zero-order valence-electron chi connectivity index (χ0n) is 24.4. The van der Waals surface area contributed by atoms with Crippen LogP contribution in [0.2, 0.25) is 0 Å². The van der Waals surface area contributed by atoms with Crippen molar-refractivity contribution in [2.75, 3.05) is 30.4 Å². The van der Waals surface area contributed by atoms with Gasteiger partial charge in [-0.3, -0.25) is 9.69 Å². The van der Waals surface area contributed by atoms with Crippen LogP contribution in [-0.2, 0) is 4.74 Å². The number of hydrogen-bond acceptors (Lipinski definition) is 7. The number of anilines is 2. The summed E-state index contributed by atoms with van der Waals surface area (Å²) in [5.41, 5.74) is 2.22. The lowest BCUT2D eigenvalue weighted by Gasteiger charge is -2.45. The average molecular weight is 563 g/mol. The number of aryl methyl sites for hydroxylation is 1. The minimum Gasteiger partial charge on any atom is -0.481 e. The van der Waals surface area contributed by atoms with E-state index in [0.717, 1.165) is 11.1 Å². The number of halogens is 1. The van der Waals surface area contributed by atoms with E-state index in [1.165, 1.54) is 13.2 Å². The molecule has 11 heteroatoms. The maximum Gasteiger partial charge on any atom is 0.410 e. The molecular formula is C30H35FN6O4. The van der Waals surface area contributed by atoms with Gasteiger partial charge in [0, 0.05) is 48.7 Å². The van der Waals surface area contributed by atoms with Crippen LogP contribution in [0.25, 0.3) is 16.6 Å². The van der Waals surface area contributed by atoms with Crippen LogP contribution in [-0.4, -0.2) is 69.2 Å². The number of ether oxygens (including phenoxy) is 2. The molecule has 5 rings (SSSR count). The van der Waals surface area contributed by atoms with Gasteiger partial charge in [-0.05, 0) is 59.7 Å². The van der Waals surface area contributed by atoms with Crippen LogP contribution in [0.5, 0.6) is 5.88 Å². The van der Waals surface area contributed by atoms with Crippen LogP contribution in [0.4, 0.5) is 20.6 Å². The Morgan fingerprint density at radius 2 is 1.76 bits per heavy atom. The van der Waals surface area contributed by atoms with Crippen LogP contribution in [0.3, 0.4) is 0 Å². The van der Waals surface area contributed by atoms with Crippen molar-refractivity contribution in [1.82, 2.24) is 19.3 Å². The van der Waals surface area contributed by atoms with E-state index in [1.54, 1.807) is 40.8 Å². The number of pyridine rings is 2. The van der Waals surface area contributed by atoms with Crippen molar-refractivity contribution in [2.24, 2.45) is 0 Å². The fraction of sp³-hybridized carbons (Fsp3) is 0.400. The molecule has 216 valence electrons. The van der Waals surface area contributed by atoms with Gasteiger partial charge in [-0.15, -0.1) is 0 Å². The number of aromatic nitrogens is 3. The molecule has 4 aromatic rings. The summed E-state index contributed by atoms with van der Waals surface area (Å²) in [6.07, 6.45) is 2.98. The summed E-state index contributed by atoms with van der Waals surface area (Å²) in [5.74, 6) is -0.611. The van der Waals surface area contributed by atoms with Crippen molar-refractivity contribution < 1.29 is 23.5 Å². The number of amides is 2. The van der Waals surface area contributed by atoms with Crippen molar-refractivity contribution in [3.63, 3.8) is 0 Å². The molecule has 1 N–H and O–H groups in total. The molecule has 1 aliphatic heterocycles. The molecule has 10 nitrogen and oxygen atoms in total. The third-order valence-corrected chi connectivity index (χ3v) is 7.01. The van der Waals surface area contributed by atoms with Gasteiger partial charge < -0.3 is 24.1 Å². The molecule has 0 radical (unpaired) electrons. The molecule has 0 unspecified atom stereocenters. The monoisotopic (exact) mass is 562 g/mol. The summed E-state index contributed by atoms with van der Waals surface area (Å²) >= 11 is 0. The highest BCUT2D eigenvalue weighted by atomic mass is 19.1. The van der Waals surface area contributed by atoms with E-state index in [4.69, 9.17) is 9.47 Å². The number of imidazole rings is 1. The maximum absolute atomic E-state index is 14.6. The van der Waals surface area contributed by atoms with E-state index in [9.17, 15) is 14.0 Å². The second-order valence-electron chi connectivity index (χ2n) is 11.5. The molecule has 2 atom stereocenters. The molecular weight excluding hydrogens is 527 g/mol. The number of rotatable bonds is 4. The minimum absolute atomic E-state index is 0.116. The number of fused-ring (bicyclic) bond motifs is 2. The minimum atomic E-state index is -0.583. The van der Waals surface area contributed by atoms with Gasteiger partial charge in [-0.25, -0.2) is 19.2 Å². The average Bonchev–Trinajstić information content (AvgIpc) is 3.26. The zero-order valence-corrected chi connectivity index (χ0v) is 24.4. The van der Waals surface area contributed by atoms with Gasteiger partial charge in [0.15, 0.2) is 11.5 Å². The Labute approximate surface area is 238 Å². The Hall–Kier alpha value is -4.41. The molecule has 1 aromatic carbocycles. The molecule has 0 bridgehead atoms. The van der Waals surface area contributed by atoms with Crippen LogP contribution in [0.1, 0.15) is 50.7 Å². The van der Waals surface area contributed by atoms with Gasteiger partial charge in [0.25, 0.3) is 5.91 Å². The SMILES string of the molecule is COc1ccc2c(N3C[C@@H](C)N(C(=O)OC(C)(C)C)[C@@H](C)C3)ccc(C(=O)Nc3cc(F)c4nc(C)cn4c3)c2n1. The summed E-state index contributed by atoms with van der Waals surface area (Å²) in [5, 5.41) is 3.56. The Morgan fingerprint density at radius 3 is 2.41 bits per heavy atom. The van der Waals surface area contributed by atoms with Crippen molar-refractivity contribution in [3.05, 3.63) is 59.8 Å². The van der Waals surface area contributed by atoms with E-state index >= 15 is 0 Å². The Morgan fingerprint density at radius 1 is 1.05 bits per heavy atom. The zero-order chi connectivity index (χ0) is 29.6. The molecule has 1 aliphatic rings. The highest BCUT2D eigenvalue weighted by Gasteiger charge is 2.36. The molecule has 4 heterocycles. The number of piperazine rings is 1. The predicted octanol–water partition coefficient (Wildman–Crippen LogP) is 5.43. The number of carbonyl (C=O) groups is 2. The number of carbonyl (C=O) groups excluding carboxylic acids is 2. The van der Waals surface area contributed by atoms with Crippen LogP contribution in [0.15, 0.2) is 42.7 Å². The third-order valence-electron chi connectivity index (χ3n) is 7.01. The Kier molecular flexibility index (Phi) is 7.23. The fourth-order valence-electron chi connectivity index (χ4n) is 5.40. The lowest BCUT2D eigenvalue weighted by atomic mass is 10.0. The fourth-order valence-corrected chi connectivity index (χ4v) is 5.40. The van der Waals surface area contributed by atoms with Gasteiger partial charge in [0.05, 0.1) is 41.7 Å². The smallest absolute Gasteiger partial charge is 0.410 e. The second-order valence-corrected chi connectivity index (χ2v) is 11.5. The molecule has 0 aliphatic carbocycles. The van der Waals surface area contributed by atoms with E-state index in [-0.39, 0.29) is 23.8 Å². The third kappa shape index (κ3) is 5.61. The molecule has 3 aromatic heterocycles. The van der Waals surface area contributed by atoms with E-state index in [2.05, 4.69) is 20.2 Å². The first kappa shape index (κ1) is 28.1. The topological polar surface area (TPSA) is 101 Å². The van der Waals surface area contributed by atoms with E-state index in [1.807, 2.05) is 46.8 Å². The van der Waals surface area contributed by atoms with Gasteiger partial charge >= 0.3 is 6.09 Å².